The molecule has 1 heterocycles. The minimum absolute atomic E-state index is 0.147. The Morgan fingerprint density at radius 3 is 2.52 bits per heavy atom. The van der Waals surface area contributed by atoms with Gasteiger partial charge in [0.2, 0.25) is 11.8 Å². The second kappa shape index (κ2) is 20.0. The Morgan fingerprint density at radius 1 is 1.14 bits per heavy atom. The number of hydrogen-bond acceptors (Lipinski definition) is 5. The molecule has 236 valence electrons. The topological polar surface area (TPSA) is 86.7 Å². The number of aldehydes is 1. The van der Waals surface area contributed by atoms with Gasteiger partial charge in [0.05, 0.1) is 16.1 Å². The van der Waals surface area contributed by atoms with Crippen LogP contribution in [0.3, 0.4) is 0 Å². The van der Waals surface area contributed by atoms with Gasteiger partial charge in [-0.1, -0.05) is 97.0 Å². The van der Waals surface area contributed by atoms with Gasteiger partial charge >= 0.3 is 0 Å². The molecule has 0 radical (unpaired) electrons. The van der Waals surface area contributed by atoms with Crippen LogP contribution in [0.4, 0.5) is 0 Å². The first kappa shape index (κ1) is 37.1. The molecule has 2 amide bonds. The number of piperidine rings is 1. The summed E-state index contributed by atoms with van der Waals surface area (Å²) in [6.07, 6.45) is 25.5. The zero-order valence-corrected chi connectivity index (χ0v) is 27.9. The number of nitrogens with one attached hydrogen (secondary N) is 1. The number of amides is 2. The third-order valence-corrected chi connectivity index (χ3v) is 8.89. The number of carbonyl (C=O) groups is 3. The lowest BCUT2D eigenvalue weighted by Crippen LogP contribution is -2.45. The van der Waals surface area contributed by atoms with Crippen LogP contribution < -0.4 is 5.32 Å². The summed E-state index contributed by atoms with van der Waals surface area (Å²) in [5.74, 6) is -0.584. The van der Waals surface area contributed by atoms with Crippen LogP contribution in [0.15, 0.2) is 95.0 Å². The van der Waals surface area contributed by atoms with Crippen LogP contribution in [-0.2, 0) is 14.4 Å². The lowest BCUT2D eigenvalue weighted by molar-refractivity contribution is -0.132. The fourth-order valence-electron chi connectivity index (χ4n) is 4.75. The molecule has 0 aromatic heterocycles. The maximum atomic E-state index is 13.0. The zero-order valence-electron chi connectivity index (χ0n) is 25.6. The smallest absolute Gasteiger partial charge is 0.246 e. The molecule has 2 N–H and O–H groups in total. The number of carbonyl (C=O) groups excluding carboxylic acids is 3. The normalized spacial score (nSPS) is 16.3. The Bertz CT molecular complexity index is 1350. The second-order valence-electron chi connectivity index (χ2n) is 10.1. The van der Waals surface area contributed by atoms with Gasteiger partial charge in [0.15, 0.2) is 0 Å². The van der Waals surface area contributed by atoms with E-state index in [2.05, 4.69) is 43.1 Å². The molecular formula is C35H42Cl2N2O4S. The third-order valence-electron chi connectivity index (χ3n) is 7.11. The molecule has 1 unspecified atom stereocenters. The van der Waals surface area contributed by atoms with E-state index in [1.54, 1.807) is 11.0 Å². The SMILES string of the molecule is C=C(/C=C\C(=CCC)C1=CCC=CC=C1)CC(C=O)NC(=O)C1CCN(C(=O)/C=C/c2ccc(SC)c(Cl)c2Cl)CC1.CO. The summed E-state index contributed by atoms with van der Waals surface area (Å²) in [5, 5.41) is 10.8. The number of halogens is 2. The molecule has 1 aromatic carbocycles. The van der Waals surface area contributed by atoms with Crippen molar-refractivity contribution in [3.05, 3.63) is 106 Å². The quantitative estimate of drug-likeness (QED) is 0.105. The van der Waals surface area contributed by atoms with Crippen LogP contribution >= 0.6 is 35.0 Å². The van der Waals surface area contributed by atoms with Crippen LogP contribution in [0.1, 0.15) is 44.6 Å². The van der Waals surface area contributed by atoms with Gasteiger partial charge in [0.1, 0.15) is 6.29 Å². The van der Waals surface area contributed by atoms with E-state index in [1.807, 2.05) is 42.7 Å². The van der Waals surface area contributed by atoms with Gasteiger partial charge in [-0.3, -0.25) is 9.59 Å². The van der Waals surface area contributed by atoms with Crippen molar-refractivity contribution in [2.75, 3.05) is 26.5 Å². The Balaban J connectivity index is 0.00000330. The van der Waals surface area contributed by atoms with Gasteiger partial charge in [0.25, 0.3) is 0 Å². The molecule has 1 aliphatic carbocycles. The van der Waals surface area contributed by atoms with Gasteiger partial charge in [-0.05, 0) is 67.2 Å². The fourth-order valence-corrected chi connectivity index (χ4v) is 5.92. The summed E-state index contributed by atoms with van der Waals surface area (Å²) in [4.78, 5) is 40.1. The number of likely N-dealkylation sites (tertiary alicyclic amines) is 1. The Labute approximate surface area is 275 Å². The highest BCUT2D eigenvalue weighted by Crippen LogP contribution is 2.35. The van der Waals surface area contributed by atoms with Crippen LogP contribution in [0.5, 0.6) is 0 Å². The van der Waals surface area contributed by atoms with Crippen LogP contribution in [0, 0.1) is 5.92 Å². The van der Waals surface area contributed by atoms with Gasteiger partial charge < -0.3 is 20.1 Å². The largest absolute Gasteiger partial charge is 0.400 e. The minimum Gasteiger partial charge on any atom is -0.400 e. The van der Waals surface area contributed by atoms with Crippen molar-refractivity contribution in [3.63, 3.8) is 0 Å². The van der Waals surface area contributed by atoms with Gasteiger partial charge in [-0.2, -0.15) is 0 Å². The predicted molar refractivity (Wildman–Crippen MR) is 185 cm³/mol. The molecule has 6 nitrogen and oxygen atoms in total. The highest BCUT2D eigenvalue weighted by molar-refractivity contribution is 7.98. The number of aliphatic hydroxyl groups excluding tert-OH is 1. The van der Waals surface area contributed by atoms with Gasteiger partial charge in [-0.25, -0.2) is 0 Å². The molecule has 9 heteroatoms. The summed E-state index contributed by atoms with van der Waals surface area (Å²) in [6.45, 7) is 7.10. The van der Waals surface area contributed by atoms with Crippen LogP contribution in [0.2, 0.25) is 10.0 Å². The molecular weight excluding hydrogens is 615 g/mol. The van der Waals surface area contributed by atoms with Gasteiger partial charge in [-0.15, -0.1) is 11.8 Å². The second-order valence-corrected chi connectivity index (χ2v) is 11.7. The van der Waals surface area contributed by atoms with Crippen molar-refractivity contribution in [1.82, 2.24) is 10.2 Å². The highest BCUT2D eigenvalue weighted by atomic mass is 35.5. The first-order valence-corrected chi connectivity index (χ1v) is 16.5. The number of benzene rings is 1. The number of rotatable bonds is 12. The summed E-state index contributed by atoms with van der Waals surface area (Å²) < 4.78 is 0. The van der Waals surface area contributed by atoms with E-state index in [0.717, 1.165) is 47.9 Å². The molecule has 1 atom stereocenters. The van der Waals surface area contributed by atoms with E-state index in [1.165, 1.54) is 17.8 Å². The first-order chi connectivity index (χ1) is 21.3. The van der Waals surface area contributed by atoms with Crippen molar-refractivity contribution < 1.29 is 19.5 Å². The third kappa shape index (κ3) is 11.4. The Kier molecular flexibility index (Phi) is 16.9. The number of allylic oxidation sites excluding steroid dienone is 10. The highest BCUT2D eigenvalue weighted by Gasteiger charge is 2.28. The molecule has 2 aliphatic rings. The number of nitrogens with zero attached hydrogens (tertiary/aromatic N) is 1. The Hall–Kier alpha value is -3.10. The Morgan fingerprint density at radius 2 is 1.86 bits per heavy atom. The van der Waals surface area contributed by atoms with Crippen molar-refractivity contribution in [3.8, 4) is 0 Å². The maximum Gasteiger partial charge on any atom is 0.246 e. The molecule has 0 bridgehead atoms. The summed E-state index contributed by atoms with van der Waals surface area (Å²) in [6, 6.07) is 3.04. The molecule has 1 fully saturated rings. The van der Waals surface area contributed by atoms with E-state index in [-0.39, 0.29) is 17.7 Å². The predicted octanol–water partition coefficient (Wildman–Crippen LogP) is 7.54. The average Bonchev–Trinajstić information content (AvgIpc) is 3.34. The minimum atomic E-state index is -0.661. The summed E-state index contributed by atoms with van der Waals surface area (Å²) in [5.41, 5.74) is 3.67. The molecule has 44 heavy (non-hydrogen) atoms. The molecule has 1 aromatic rings. The molecule has 1 aliphatic heterocycles. The maximum absolute atomic E-state index is 13.0. The zero-order chi connectivity index (χ0) is 32.5. The lowest BCUT2D eigenvalue weighted by atomic mass is 9.95. The number of hydrogen-bond donors (Lipinski definition) is 2. The van der Waals surface area contributed by atoms with Crippen molar-refractivity contribution >= 4 is 59.1 Å². The number of thioether (sulfide) groups is 1. The molecule has 1 saturated heterocycles. The van der Waals surface area contributed by atoms with Crippen molar-refractivity contribution in [2.45, 2.75) is 50.0 Å². The summed E-state index contributed by atoms with van der Waals surface area (Å²) in [7, 11) is 1.00. The monoisotopic (exact) mass is 656 g/mol. The van der Waals surface area contributed by atoms with Crippen molar-refractivity contribution in [2.24, 2.45) is 5.92 Å². The van der Waals surface area contributed by atoms with Crippen molar-refractivity contribution in [1.29, 1.82) is 0 Å². The molecule has 0 spiro atoms. The number of aliphatic hydroxyl groups is 1. The van der Waals surface area contributed by atoms with E-state index in [9.17, 15) is 14.4 Å². The standard InChI is InChI=1S/C34H38Cl2N2O3S.CH4O/c1-4-9-25(26-10-7-5-6-8-11-26)13-12-24(2)22-29(23-39)37-34(41)28-18-20-38(21-19-28)31(40)17-15-27-14-16-30(42-3)33(36)32(27)35;1-2/h5-7,9-17,23,28-29H,2,4,8,18-22H2,1,3H3,(H,37,41);2H,1H3/b13-12-,17-15+,25-9?;. The van der Waals surface area contributed by atoms with E-state index >= 15 is 0 Å². The van der Waals surface area contributed by atoms with E-state index < -0.39 is 6.04 Å². The molecule has 3 rings (SSSR count). The molecule has 0 saturated carbocycles. The van der Waals surface area contributed by atoms with E-state index in [0.29, 0.717) is 48.0 Å². The van der Waals surface area contributed by atoms with Crippen LogP contribution in [-0.4, -0.2) is 60.6 Å². The fraction of sp³-hybridized carbons (Fsp3) is 0.343. The van der Waals surface area contributed by atoms with Crippen LogP contribution in [0.25, 0.3) is 6.08 Å². The lowest BCUT2D eigenvalue weighted by Gasteiger charge is -2.31. The van der Waals surface area contributed by atoms with Gasteiger partial charge in [0, 0.05) is 37.1 Å². The summed E-state index contributed by atoms with van der Waals surface area (Å²) >= 11 is 14.2. The van der Waals surface area contributed by atoms with E-state index in [4.69, 9.17) is 28.3 Å². The first-order valence-electron chi connectivity index (χ1n) is 14.6. The average molecular weight is 658 g/mol.